The first-order valence-electron chi connectivity index (χ1n) is 6.68. The van der Waals surface area contributed by atoms with Crippen molar-refractivity contribution in [1.82, 2.24) is 25.8 Å². The zero-order valence-electron chi connectivity index (χ0n) is 12.7. The summed E-state index contributed by atoms with van der Waals surface area (Å²) in [7, 11) is 0. The first kappa shape index (κ1) is 16.1. The maximum absolute atomic E-state index is 11.8. The third-order valence-corrected chi connectivity index (χ3v) is 2.52. The van der Waals surface area contributed by atoms with Gasteiger partial charge in [-0.05, 0) is 5.92 Å². The molecule has 0 atom stereocenters. The third kappa shape index (κ3) is 4.99. The van der Waals surface area contributed by atoms with Crippen molar-refractivity contribution in [2.45, 2.75) is 40.0 Å². The molecule has 1 heterocycles. The lowest BCUT2D eigenvalue weighted by Crippen LogP contribution is -2.38. The van der Waals surface area contributed by atoms with Crippen LogP contribution in [0.5, 0.6) is 0 Å². The number of rotatable bonds is 5. The molecule has 0 aromatic carbocycles. The number of H-pyrrole nitrogens is 1. The minimum absolute atomic E-state index is 0.0478. The van der Waals surface area contributed by atoms with Crippen molar-refractivity contribution in [3.05, 3.63) is 11.6 Å². The predicted molar refractivity (Wildman–Crippen MR) is 75.3 cm³/mol. The van der Waals surface area contributed by atoms with E-state index in [0.29, 0.717) is 18.3 Å². The fourth-order valence-corrected chi connectivity index (χ4v) is 1.32. The average Bonchev–Trinajstić information content (AvgIpc) is 2.82. The Morgan fingerprint density at radius 3 is 2.40 bits per heavy atom. The van der Waals surface area contributed by atoms with E-state index in [-0.39, 0.29) is 23.7 Å². The van der Waals surface area contributed by atoms with Gasteiger partial charge in [0.15, 0.2) is 0 Å². The number of aromatic nitrogens is 3. The van der Waals surface area contributed by atoms with Crippen LogP contribution in [0.1, 0.15) is 51.1 Å². The highest BCUT2D eigenvalue weighted by Gasteiger charge is 2.21. The molecule has 0 aliphatic rings. The molecular weight excluding hydrogens is 258 g/mol. The van der Waals surface area contributed by atoms with Crippen LogP contribution in [0.25, 0.3) is 0 Å². The largest absolute Gasteiger partial charge is 0.354 e. The molecule has 112 valence electrons. The van der Waals surface area contributed by atoms with Gasteiger partial charge in [0.1, 0.15) is 5.82 Å². The van der Waals surface area contributed by atoms with Crippen molar-refractivity contribution >= 4 is 11.8 Å². The van der Waals surface area contributed by atoms with E-state index in [1.807, 2.05) is 34.6 Å². The van der Waals surface area contributed by atoms with Crippen LogP contribution in [0.15, 0.2) is 0 Å². The van der Waals surface area contributed by atoms with Gasteiger partial charge >= 0.3 is 0 Å². The fraction of sp³-hybridized carbons (Fsp3) is 0.692. The summed E-state index contributed by atoms with van der Waals surface area (Å²) in [6.45, 7) is 10.4. The van der Waals surface area contributed by atoms with E-state index in [1.165, 1.54) is 0 Å². The lowest BCUT2D eigenvalue weighted by Gasteiger charge is -2.12. The molecule has 2 amide bonds. The molecule has 0 spiro atoms. The number of nitrogens with one attached hydrogen (secondary N) is 3. The van der Waals surface area contributed by atoms with Crippen molar-refractivity contribution in [1.29, 1.82) is 0 Å². The molecule has 0 saturated carbocycles. The van der Waals surface area contributed by atoms with Gasteiger partial charge < -0.3 is 10.6 Å². The second kappa shape index (κ2) is 6.49. The summed E-state index contributed by atoms with van der Waals surface area (Å²) in [6.07, 6.45) is 0. The van der Waals surface area contributed by atoms with E-state index in [0.717, 1.165) is 0 Å². The molecule has 1 aromatic heterocycles. The zero-order chi connectivity index (χ0) is 15.3. The first-order valence-corrected chi connectivity index (χ1v) is 6.68. The smallest absolute Gasteiger partial charge is 0.291 e. The normalized spacial score (nSPS) is 11.5. The van der Waals surface area contributed by atoms with Gasteiger partial charge in [0, 0.05) is 12.0 Å². The van der Waals surface area contributed by atoms with E-state index < -0.39 is 5.91 Å². The molecule has 1 rings (SSSR count). The van der Waals surface area contributed by atoms with Gasteiger partial charge in [-0.1, -0.05) is 34.6 Å². The van der Waals surface area contributed by atoms with Crippen LogP contribution in [0, 0.1) is 5.92 Å². The number of hydrogen-bond donors (Lipinski definition) is 3. The van der Waals surface area contributed by atoms with Crippen molar-refractivity contribution in [2.75, 3.05) is 13.1 Å². The number of amides is 2. The van der Waals surface area contributed by atoms with Gasteiger partial charge in [-0.15, -0.1) is 5.10 Å². The fourth-order valence-electron chi connectivity index (χ4n) is 1.32. The predicted octanol–water partition coefficient (Wildman–Crippen LogP) is 0.604. The Bertz CT molecular complexity index is 473. The summed E-state index contributed by atoms with van der Waals surface area (Å²) < 4.78 is 0. The van der Waals surface area contributed by atoms with Crippen molar-refractivity contribution in [3.63, 3.8) is 0 Å². The van der Waals surface area contributed by atoms with E-state index in [9.17, 15) is 9.59 Å². The molecule has 0 fully saturated rings. The van der Waals surface area contributed by atoms with E-state index in [4.69, 9.17) is 0 Å². The van der Waals surface area contributed by atoms with E-state index >= 15 is 0 Å². The van der Waals surface area contributed by atoms with Gasteiger partial charge in [0.25, 0.3) is 5.91 Å². The molecule has 3 N–H and O–H groups in total. The summed E-state index contributed by atoms with van der Waals surface area (Å²) in [5, 5.41) is 11.8. The number of nitrogens with zero attached hydrogens (tertiary/aromatic N) is 2. The van der Waals surface area contributed by atoms with Crippen LogP contribution < -0.4 is 10.6 Å². The maximum atomic E-state index is 11.8. The van der Waals surface area contributed by atoms with Crippen LogP contribution in [0.3, 0.4) is 0 Å². The Kier molecular flexibility index (Phi) is 5.24. The van der Waals surface area contributed by atoms with Crippen molar-refractivity contribution < 1.29 is 9.59 Å². The van der Waals surface area contributed by atoms with Crippen LogP contribution in [0.2, 0.25) is 0 Å². The van der Waals surface area contributed by atoms with Gasteiger partial charge in [-0.3, -0.25) is 14.7 Å². The molecule has 0 unspecified atom stereocenters. The standard InChI is InChI=1S/C13H23N5O2/c1-8(2)6-14-9(19)7-15-11(20)10-16-12(18-17-10)13(3,4)5/h8H,6-7H2,1-5H3,(H,14,19)(H,15,20)(H,16,17,18). The Balaban J connectivity index is 2.47. The molecule has 0 bridgehead atoms. The molecular formula is C13H23N5O2. The Morgan fingerprint density at radius 1 is 1.25 bits per heavy atom. The van der Waals surface area contributed by atoms with Crippen molar-refractivity contribution in [3.8, 4) is 0 Å². The average molecular weight is 281 g/mol. The molecule has 0 aliphatic carbocycles. The summed E-state index contributed by atoms with van der Waals surface area (Å²) in [4.78, 5) is 27.4. The summed E-state index contributed by atoms with van der Waals surface area (Å²) in [5.41, 5.74) is -0.208. The minimum Gasteiger partial charge on any atom is -0.354 e. The second-order valence-electron chi connectivity index (χ2n) is 6.14. The Labute approximate surface area is 118 Å². The van der Waals surface area contributed by atoms with Gasteiger partial charge in [-0.25, -0.2) is 4.98 Å². The van der Waals surface area contributed by atoms with Crippen molar-refractivity contribution in [2.24, 2.45) is 5.92 Å². The quantitative estimate of drug-likeness (QED) is 0.736. The Morgan fingerprint density at radius 2 is 1.90 bits per heavy atom. The number of carbonyl (C=O) groups excluding carboxylic acids is 2. The zero-order valence-corrected chi connectivity index (χ0v) is 12.7. The highest BCUT2D eigenvalue weighted by molar-refractivity contribution is 5.93. The number of aromatic amines is 1. The molecule has 0 radical (unpaired) electrons. The van der Waals surface area contributed by atoms with Crippen LogP contribution in [-0.4, -0.2) is 40.1 Å². The Hall–Kier alpha value is -1.92. The molecule has 0 saturated heterocycles. The minimum atomic E-state index is -0.462. The highest BCUT2D eigenvalue weighted by Crippen LogP contribution is 2.17. The van der Waals surface area contributed by atoms with Crippen LogP contribution in [0.4, 0.5) is 0 Å². The summed E-state index contributed by atoms with van der Waals surface area (Å²) in [5.74, 6) is 0.366. The van der Waals surface area contributed by atoms with Gasteiger partial charge in [0.2, 0.25) is 11.7 Å². The summed E-state index contributed by atoms with van der Waals surface area (Å²) in [6, 6.07) is 0. The molecule has 7 heteroatoms. The maximum Gasteiger partial charge on any atom is 0.291 e. The SMILES string of the molecule is CC(C)CNC(=O)CNC(=O)c1n[nH]c(C(C)(C)C)n1. The monoisotopic (exact) mass is 281 g/mol. The topological polar surface area (TPSA) is 99.8 Å². The molecule has 0 aliphatic heterocycles. The number of carbonyl (C=O) groups is 2. The lowest BCUT2D eigenvalue weighted by molar-refractivity contribution is -0.120. The number of hydrogen-bond acceptors (Lipinski definition) is 4. The second-order valence-corrected chi connectivity index (χ2v) is 6.14. The lowest BCUT2D eigenvalue weighted by atomic mass is 9.96. The van der Waals surface area contributed by atoms with Crippen LogP contribution >= 0.6 is 0 Å². The summed E-state index contributed by atoms with van der Waals surface area (Å²) >= 11 is 0. The highest BCUT2D eigenvalue weighted by atomic mass is 16.2. The molecule has 7 nitrogen and oxygen atoms in total. The van der Waals surface area contributed by atoms with E-state index in [1.54, 1.807) is 0 Å². The first-order chi connectivity index (χ1) is 9.20. The van der Waals surface area contributed by atoms with Gasteiger partial charge in [0.05, 0.1) is 6.54 Å². The van der Waals surface area contributed by atoms with E-state index in [2.05, 4.69) is 25.8 Å². The van der Waals surface area contributed by atoms with Crippen LogP contribution in [-0.2, 0) is 10.2 Å². The van der Waals surface area contributed by atoms with Gasteiger partial charge in [-0.2, -0.15) is 0 Å². The molecule has 1 aromatic rings. The molecule has 20 heavy (non-hydrogen) atoms. The third-order valence-electron chi connectivity index (χ3n) is 2.52.